The molecule has 0 N–H and O–H groups in total. The zero-order valence-electron chi connectivity index (χ0n) is 13.8. The average Bonchev–Trinajstić information content (AvgIpc) is 2.95. The molecule has 126 valence electrons. The molecule has 7 nitrogen and oxygen atoms in total. The number of esters is 1. The molecule has 0 saturated carbocycles. The van der Waals surface area contributed by atoms with Crippen molar-refractivity contribution in [1.82, 2.24) is 19.8 Å². The number of fused-ring (bicyclic) bond motifs is 1. The molecule has 1 saturated heterocycles. The molecule has 1 amide bonds. The number of pyridine rings is 2. The maximum atomic E-state index is 12.4. The molecular formula is C17H20N4O3. The topological polar surface area (TPSA) is 75.6 Å². The van der Waals surface area contributed by atoms with Crippen LogP contribution in [0.5, 0.6) is 0 Å². The number of methoxy groups -OCH3 is 1. The predicted octanol–water partition coefficient (Wildman–Crippen LogP) is 0.835. The summed E-state index contributed by atoms with van der Waals surface area (Å²) in [6.45, 7) is 1.13. The van der Waals surface area contributed by atoms with E-state index in [-0.39, 0.29) is 18.5 Å². The Morgan fingerprint density at radius 1 is 1.42 bits per heavy atom. The van der Waals surface area contributed by atoms with Gasteiger partial charge in [-0.2, -0.15) is 0 Å². The third-order valence-electron chi connectivity index (χ3n) is 4.28. The van der Waals surface area contributed by atoms with Crippen LogP contribution in [0.3, 0.4) is 0 Å². The number of rotatable bonds is 5. The second-order valence-corrected chi connectivity index (χ2v) is 5.91. The third-order valence-corrected chi connectivity index (χ3v) is 4.28. The molecule has 7 heteroatoms. The quantitative estimate of drug-likeness (QED) is 0.757. The van der Waals surface area contributed by atoms with Crippen molar-refractivity contribution in [3.05, 3.63) is 36.2 Å². The van der Waals surface area contributed by atoms with Gasteiger partial charge in [-0.3, -0.25) is 14.5 Å². The Bertz CT molecular complexity index is 764. The van der Waals surface area contributed by atoms with Crippen LogP contribution in [0.4, 0.5) is 0 Å². The lowest BCUT2D eigenvalue weighted by molar-refractivity contribution is -0.146. The van der Waals surface area contributed by atoms with Gasteiger partial charge in [0.05, 0.1) is 18.8 Å². The molecular weight excluding hydrogens is 308 g/mol. The number of likely N-dealkylation sites (tertiary alicyclic amines) is 1. The van der Waals surface area contributed by atoms with Gasteiger partial charge in [-0.25, -0.2) is 9.97 Å². The van der Waals surface area contributed by atoms with Crippen LogP contribution in [0.15, 0.2) is 30.5 Å². The highest BCUT2D eigenvalue weighted by Gasteiger charge is 2.35. The van der Waals surface area contributed by atoms with E-state index < -0.39 is 5.97 Å². The Hall–Kier alpha value is -2.54. The molecule has 0 radical (unpaired) electrons. The van der Waals surface area contributed by atoms with Crippen LogP contribution in [0, 0.1) is 0 Å². The number of nitrogens with zero attached hydrogens (tertiary/aromatic N) is 4. The lowest BCUT2D eigenvalue weighted by Gasteiger charge is -2.23. The van der Waals surface area contributed by atoms with Crippen LogP contribution < -0.4 is 0 Å². The summed E-state index contributed by atoms with van der Waals surface area (Å²) in [6.07, 6.45) is 2.41. The summed E-state index contributed by atoms with van der Waals surface area (Å²) in [5.41, 5.74) is 1.57. The zero-order chi connectivity index (χ0) is 17.1. The van der Waals surface area contributed by atoms with E-state index in [1.807, 2.05) is 36.2 Å². The van der Waals surface area contributed by atoms with Gasteiger partial charge in [0.25, 0.3) is 0 Å². The van der Waals surface area contributed by atoms with Crippen LogP contribution in [-0.4, -0.2) is 64.9 Å². The minimum absolute atomic E-state index is 0.0117. The Morgan fingerprint density at radius 2 is 2.25 bits per heavy atom. The molecule has 0 spiro atoms. The number of hydrogen-bond donors (Lipinski definition) is 0. The van der Waals surface area contributed by atoms with E-state index in [0.29, 0.717) is 25.2 Å². The molecule has 1 atom stereocenters. The van der Waals surface area contributed by atoms with Crippen LogP contribution in [0.25, 0.3) is 11.0 Å². The molecule has 2 aromatic rings. The number of carbonyl (C=O) groups excluding carboxylic acids is 2. The fourth-order valence-electron chi connectivity index (χ4n) is 2.95. The lowest BCUT2D eigenvalue weighted by Crippen LogP contribution is -2.41. The maximum absolute atomic E-state index is 12.4. The lowest BCUT2D eigenvalue weighted by atomic mass is 10.2. The van der Waals surface area contributed by atoms with E-state index in [9.17, 15) is 9.59 Å². The van der Waals surface area contributed by atoms with Gasteiger partial charge in [-0.05, 0) is 37.7 Å². The molecule has 1 unspecified atom stereocenters. The molecule has 0 aromatic carbocycles. The van der Waals surface area contributed by atoms with Gasteiger partial charge in [0.2, 0.25) is 5.91 Å². The number of carbonyl (C=O) groups is 2. The summed E-state index contributed by atoms with van der Waals surface area (Å²) >= 11 is 0. The highest BCUT2D eigenvalue weighted by atomic mass is 16.5. The summed E-state index contributed by atoms with van der Waals surface area (Å²) < 4.78 is 4.63. The summed E-state index contributed by atoms with van der Waals surface area (Å²) in [7, 11) is 3.22. The van der Waals surface area contributed by atoms with Crippen molar-refractivity contribution in [2.24, 2.45) is 0 Å². The van der Waals surface area contributed by atoms with Crippen molar-refractivity contribution in [1.29, 1.82) is 0 Å². The first kappa shape index (κ1) is 16.3. The first-order valence-corrected chi connectivity index (χ1v) is 7.85. The van der Waals surface area contributed by atoms with Gasteiger partial charge in [0.1, 0.15) is 6.54 Å². The minimum Gasteiger partial charge on any atom is -0.468 e. The van der Waals surface area contributed by atoms with Crippen molar-refractivity contribution < 1.29 is 14.3 Å². The largest absolute Gasteiger partial charge is 0.468 e. The van der Waals surface area contributed by atoms with E-state index in [0.717, 1.165) is 11.1 Å². The van der Waals surface area contributed by atoms with Crippen LogP contribution in [-0.2, 0) is 20.9 Å². The fraction of sp³-hybridized carbons (Fsp3) is 0.412. The molecule has 24 heavy (non-hydrogen) atoms. The number of likely N-dealkylation sites (N-methyl/N-ethyl adjacent to an activating group) is 1. The van der Waals surface area contributed by atoms with Gasteiger partial charge >= 0.3 is 5.97 Å². The number of ether oxygens (including phenoxy) is 1. The van der Waals surface area contributed by atoms with Gasteiger partial charge in [-0.15, -0.1) is 0 Å². The Labute approximate surface area is 140 Å². The number of amides is 1. The van der Waals surface area contributed by atoms with Crippen LogP contribution in [0.1, 0.15) is 12.1 Å². The average molecular weight is 328 g/mol. The first-order valence-electron chi connectivity index (χ1n) is 7.85. The summed E-state index contributed by atoms with van der Waals surface area (Å²) in [4.78, 5) is 36.1. The maximum Gasteiger partial charge on any atom is 0.325 e. The summed E-state index contributed by atoms with van der Waals surface area (Å²) in [5, 5.41) is 0.991. The highest BCUT2D eigenvalue weighted by molar-refractivity contribution is 5.87. The zero-order valence-corrected chi connectivity index (χ0v) is 13.8. The van der Waals surface area contributed by atoms with Gasteiger partial charge in [0, 0.05) is 24.7 Å². The van der Waals surface area contributed by atoms with Crippen molar-refractivity contribution in [2.75, 3.05) is 27.2 Å². The van der Waals surface area contributed by atoms with Crippen molar-refractivity contribution >= 4 is 22.9 Å². The monoisotopic (exact) mass is 328 g/mol. The second-order valence-electron chi connectivity index (χ2n) is 5.91. The summed E-state index contributed by atoms with van der Waals surface area (Å²) in [6, 6.07) is 7.54. The van der Waals surface area contributed by atoms with E-state index in [1.54, 1.807) is 11.1 Å². The van der Waals surface area contributed by atoms with E-state index >= 15 is 0 Å². The summed E-state index contributed by atoms with van der Waals surface area (Å²) in [5.74, 6) is -0.435. The third kappa shape index (κ3) is 3.35. The molecule has 3 rings (SSSR count). The van der Waals surface area contributed by atoms with Crippen LogP contribution in [0.2, 0.25) is 0 Å². The molecule has 1 aliphatic rings. The first-order chi connectivity index (χ1) is 11.6. The standard InChI is InChI=1S/C17H20N4O3/c1-20(14-7-9-21(17(14)23)11-15(22)24-2)10-13-6-5-12-4-3-8-18-16(12)19-13/h3-6,8,14H,7,9-11H2,1-2H3. The Kier molecular flexibility index (Phi) is 4.71. The van der Waals surface area contributed by atoms with Gasteiger partial charge in [-0.1, -0.05) is 0 Å². The van der Waals surface area contributed by atoms with E-state index in [2.05, 4.69) is 14.7 Å². The normalized spacial score (nSPS) is 17.7. The predicted molar refractivity (Wildman–Crippen MR) is 88.0 cm³/mol. The van der Waals surface area contributed by atoms with E-state index in [1.165, 1.54) is 7.11 Å². The fourth-order valence-corrected chi connectivity index (χ4v) is 2.95. The molecule has 3 heterocycles. The molecule has 1 fully saturated rings. The molecule has 1 aliphatic heterocycles. The van der Waals surface area contributed by atoms with E-state index in [4.69, 9.17) is 0 Å². The van der Waals surface area contributed by atoms with Crippen LogP contribution >= 0.6 is 0 Å². The highest BCUT2D eigenvalue weighted by Crippen LogP contribution is 2.18. The number of hydrogen-bond acceptors (Lipinski definition) is 6. The second kappa shape index (κ2) is 6.92. The smallest absolute Gasteiger partial charge is 0.325 e. The SMILES string of the molecule is COC(=O)CN1CCC(N(C)Cc2ccc3cccnc3n2)C1=O. The molecule has 0 bridgehead atoms. The Morgan fingerprint density at radius 3 is 3.04 bits per heavy atom. The minimum atomic E-state index is -0.395. The van der Waals surface area contributed by atoms with Crippen molar-refractivity contribution in [3.63, 3.8) is 0 Å². The van der Waals surface area contributed by atoms with Crippen molar-refractivity contribution in [3.8, 4) is 0 Å². The number of aromatic nitrogens is 2. The van der Waals surface area contributed by atoms with Gasteiger partial charge in [0.15, 0.2) is 5.65 Å². The Balaban J connectivity index is 1.66. The van der Waals surface area contributed by atoms with Gasteiger partial charge < -0.3 is 9.64 Å². The van der Waals surface area contributed by atoms with Crippen molar-refractivity contribution in [2.45, 2.75) is 19.0 Å². The molecule has 0 aliphatic carbocycles. The molecule has 2 aromatic heterocycles.